The van der Waals surface area contributed by atoms with Crippen molar-refractivity contribution in [1.82, 2.24) is 19.9 Å². The minimum atomic E-state index is 0.274. The van der Waals surface area contributed by atoms with Crippen molar-refractivity contribution in [2.75, 3.05) is 24.3 Å². The summed E-state index contributed by atoms with van der Waals surface area (Å²) >= 11 is 0. The van der Waals surface area contributed by atoms with Gasteiger partial charge in [0, 0.05) is 12.7 Å². The molecule has 0 spiro atoms. The highest BCUT2D eigenvalue weighted by Crippen LogP contribution is 2.12. The Morgan fingerprint density at radius 2 is 1.90 bits per heavy atom. The van der Waals surface area contributed by atoms with Crippen molar-refractivity contribution in [1.29, 1.82) is 0 Å². The summed E-state index contributed by atoms with van der Waals surface area (Å²) in [6.07, 6.45) is 1.77. The van der Waals surface area contributed by atoms with Crippen LogP contribution in [0.1, 0.15) is 18.2 Å². The zero-order valence-corrected chi connectivity index (χ0v) is 11.8. The number of nitrogens with zero attached hydrogens (tertiary/aromatic N) is 4. The van der Waals surface area contributed by atoms with Crippen LogP contribution in [0.5, 0.6) is 6.01 Å². The summed E-state index contributed by atoms with van der Waals surface area (Å²) in [6.45, 7) is 5.26. The first kappa shape index (κ1) is 14.0. The van der Waals surface area contributed by atoms with Crippen molar-refractivity contribution in [3.8, 4) is 6.01 Å². The van der Waals surface area contributed by atoms with E-state index in [1.165, 1.54) is 7.11 Å². The molecule has 7 heteroatoms. The van der Waals surface area contributed by atoms with Gasteiger partial charge in [-0.15, -0.1) is 0 Å². The SMILES string of the molecule is CCNc1nc(NCc2ncccc2C)nc(OC)n1. The lowest BCUT2D eigenvalue weighted by Gasteiger charge is -2.09. The van der Waals surface area contributed by atoms with Crippen LogP contribution in [-0.4, -0.2) is 33.6 Å². The van der Waals surface area contributed by atoms with Crippen LogP contribution in [0.3, 0.4) is 0 Å². The third-order valence-corrected chi connectivity index (χ3v) is 2.66. The minimum Gasteiger partial charge on any atom is -0.467 e. The van der Waals surface area contributed by atoms with Crippen molar-refractivity contribution >= 4 is 11.9 Å². The molecular weight excluding hydrogens is 256 g/mol. The predicted octanol–water partition coefficient (Wildman–Crippen LogP) is 1.63. The molecule has 2 aromatic heterocycles. The number of pyridine rings is 1. The monoisotopic (exact) mass is 274 g/mol. The van der Waals surface area contributed by atoms with E-state index in [0.717, 1.165) is 17.8 Å². The van der Waals surface area contributed by atoms with Crippen LogP contribution in [0.4, 0.5) is 11.9 Å². The molecule has 106 valence electrons. The van der Waals surface area contributed by atoms with E-state index in [4.69, 9.17) is 4.74 Å². The van der Waals surface area contributed by atoms with Gasteiger partial charge in [-0.05, 0) is 25.5 Å². The molecule has 0 aromatic carbocycles. The zero-order valence-electron chi connectivity index (χ0n) is 11.8. The Labute approximate surface area is 117 Å². The van der Waals surface area contributed by atoms with Crippen molar-refractivity contribution < 1.29 is 4.74 Å². The summed E-state index contributed by atoms with van der Waals surface area (Å²) < 4.78 is 5.06. The highest BCUT2D eigenvalue weighted by atomic mass is 16.5. The Bertz CT molecular complexity index is 575. The molecule has 0 bridgehead atoms. The smallest absolute Gasteiger partial charge is 0.322 e. The molecule has 0 fully saturated rings. The molecule has 0 aliphatic rings. The van der Waals surface area contributed by atoms with E-state index >= 15 is 0 Å². The lowest BCUT2D eigenvalue weighted by Crippen LogP contribution is -2.11. The molecule has 0 amide bonds. The number of aromatic nitrogens is 4. The number of nitrogens with one attached hydrogen (secondary N) is 2. The van der Waals surface area contributed by atoms with Gasteiger partial charge in [-0.25, -0.2) is 0 Å². The van der Waals surface area contributed by atoms with Gasteiger partial charge in [-0.3, -0.25) is 4.98 Å². The molecule has 0 aliphatic heterocycles. The molecule has 2 heterocycles. The third kappa shape index (κ3) is 3.53. The van der Waals surface area contributed by atoms with Gasteiger partial charge >= 0.3 is 6.01 Å². The van der Waals surface area contributed by atoms with Crippen LogP contribution in [0.25, 0.3) is 0 Å². The molecular formula is C13H18N6O. The molecule has 0 saturated carbocycles. The minimum absolute atomic E-state index is 0.274. The highest BCUT2D eigenvalue weighted by molar-refractivity contribution is 5.36. The van der Waals surface area contributed by atoms with Crippen LogP contribution in [0.15, 0.2) is 18.3 Å². The fourth-order valence-electron chi connectivity index (χ4n) is 1.63. The van der Waals surface area contributed by atoms with Crippen molar-refractivity contribution in [3.05, 3.63) is 29.6 Å². The third-order valence-electron chi connectivity index (χ3n) is 2.66. The summed E-state index contributed by atoms with van der Waals surface area (Å²) in [6, 6.07) is 4.20. The van der Waals surface area contributed by atoms with Crippen LogP contribution >= 0.6 is 0 Å². The molecule has 7 nitrogen and oxygen atoms in total. The van der Waals surface area contributed by atoms with Gasteiger partial charge in [0.25, 0.3) is 0 Å². The number of hydrogen-bond acceptors (Lipinski definition) is 7. The average Bonchev–Trinajstić information content (AvgIpc) is 2.46. The topological polar surface area (TPSA) is 84.9 Å². The van der Waals surface area contributed by atoms with E-state index in [0.29, 0.717) is 18.4 Å². The van der Waals surface area contributed by atoms with Gasteiger partial charge in [0.15, 0.2) is 0 Å². The molecule has 20 heavy (non-hydrogen) atoms. The fourth-order valence-corrected chi connectivity index (χ4v) is 1.63. The predicted molar refractivity (Wildman–Crippen MR) is 76.8 cm³/mol. The molecule has 0 radical (unpaired) electrons. The zero-order chi connectivity index (χ0) is 14.4. The van der Waals surface area contributed by atoms with Crippen LogP contribution in [0, 0.1) is 6.92 Å². The number of anilines is 2. The number of methoxy groups -OCH3 is 1. The quantitative estimate of drug-likeness (QED) is 0.828. The summed E-state index contributed by atoms with van der Waals surface area (Å²) in [7, 11) is 1.53. The Morgan fingerprint density at radius 3 is 2.55 bits per heavy atom. The molecule has 0 saturated heterocycles. The lowest BCUT2D eigenvalue weighted by atomic mass is 10.2. The molecule has 0 atom stereocenters. The maximum Gasteiger partial charge on any atom is 0.322 e. The summed E-state index contributed by atoms with van der Waals surface area (Å²) in [5, 5.41) is 6.16. The molecule has 2 rings (SSSR count). The van der Waals surface area contributed by atoms with Crippen molar-refractivity contribution in [2.24, 2.45) is 0 Å². The largest absolute Gasteiger partial charge is 0.467 e. The number of hydrogen-bond donors (Lipinski definition) is 2. The summed E-state index contributed by atoms with van der Waals surface area (Å²) in [4.78, 5) is 16.8. The Balaban J connectivity index is 2.12. The van der Waals surface area contributed by atoms with E-state index in [-0.39, 0.29) is 6.01 Å². The van der Waals surface area contributed by atoms with E-state index in [1.54, 1.807) is 6.20 Å². The molecule has 0 unspecified atom stereocenters. The first-order chi connectivity index (χ1) is 9.72. The molecule has 2 N–H and O–H groups in total. The number of ether oxygens (including phenoxy) is 1. The Hall–Kier alpha value is -2.44. The maximum absolute atomic E-state index is 5.06. The lowest BCUT2D eigenvalue weighted by molar-refractivity contribution is 0.379. The first-order valence-corrected chi connectivity index (χ1v) is 6.41. The second-order valence-electron chi connectivity index (χ2n) is 4.12. The van der Waals surface area contributed by atoms with Crippen molar-refractivity contribution in [2.45, 2.75) is 20.4 Å². The van der Waals surface area contributed by atoms with Crippen LogP contribution in [0.2, 0.25) is 0 Å². The summed E-state index contributed by atoms with van der Waals surface area (Å²) in [5.41, 5.74) is 2.07. The van der Waals surface area contributed by atoms with Gasteiger partial charge in [0.2, 0.25) is 11.9 Å². The first-order valence-electron chi connectivity index (χ1n) is 6.41. The molecule has 2 aromatic rings. The Kier molecular flexibility index (Phi) is 4.65. The van der Waals surface area contributed by atoms with Gasteiger partial charge < -0.3 is 15.4 Å². The van der Waals surface area contributed by atoms with Crippen molar-refractivity contribution in [3.63, 3.8) is 0 Å². The van der Waals surface area contributed by atoms with E-state index in [2.05, 4.69) is 30.6 Å². The highest BCUT2D eigenvalue weighted by Gasteiger charge is 2.07. The standard InChI is InChI=1S/C13H18N6O/c1-4-14-11-17-12(19-13(18-11)20-3)16-8-10-9(2)6-5-7-15-10/h5-7H,4,8H2,1-3H3,(H2,14,16,17,18,19). The van der Waals surface area contributed by atoms with Crippen LogP contribution in [-0.2, 0) is 6.54 Å². The maximum atomic E-state index is 5.06. The van der Waals surface area contributed by atoms with E-state index in [9.17, 15) is 0 Å². The van der Waals surface area contributed by atoms with Crippen LogP contribution < -0.4 is 15.4 Å². The second-order valence-corrected chi connectivity index (χ2v) is 4.12. The number of aryl methyl sites for hydroxylation is 1. The van der Waals surface area contributed by atoms with E-state index in [1.807, 2.05) is 26.0 Å². The second kappa shape index (κ2) is 6.65. The van der Waals surface area contributed by atoms with Gasteiger partial charge in [-0.2, -0.15) is 15.0 Å². The van der Waals surface area contributed by atoms with Gasteiger partial charge in [-0.1, -0.05) is 6.07 Å². The molecule has 0 aliphatic carbocycles. The van der Waals surface area contributed by atoms with E-state index < -0.39 is 0 Å². The normalized spacial score (nSPS) is 10.2. The number of rotatable bonds is 6. The van der Waals surface area contributed by atoms with Gasteiger partial charge in [0.05, 0.1) is 19.3 Å². The fraction of sp³-hybridized carbons (Fsp3) is 0.385. The average molecular weight is 274 g/mol. The summed E-state index contributed by atoms with van der Waals surface area (Å²) in [5.74, 6) is 0.942. The Morgan fingerprint density at radius 1 is 1.15 bits per heavy atom. The van der Waals surface area contributed by atoms with Gasteiger partial charge in [0.1, 0.15) is 0 Å².